The third-order valence-corrected chi connectivity index (χ3v) is 7.87. The first-order valence-corrected chi connectivity index (χ1v) is 10.5. The van der Waals surface area contributed by atoms with Gasteiger partial charge in [-0.15, -0.1) is 0 Å². The van der Waals surface area contributed by atoms with E-state index in [1.165, 1.54) is 6.34 Å². The lowest BCUT2D eigenvalue weighted by atomic mass is 9.95. The Morgan fingerprint density at radius 3 is 2.59 bits per heavy atom. The minimum Gasteiger partial charge on any atom is -0.291 e. The summed E-state index contributed by atoms with van der Waals surface area (Å²) in [4.78, 5) is 5.86. The van der Waals surface area contributed by atoms with Crippen LogP contribution < -0.4 is 4.90 Å². The summed E-state index contributed by atoms with van der Waals surface area (Å²) in [6.45, 7) is 5.09. The van der Waals surface area contributed by atoms with Crippen LogP contribution in [0.5, 0.6) is 0 Å². The van der Waals surface area contributed by atoms with Gasteiger partial charge < -0.3 is 0 Å². The Kier molecular flexibility index (Phi) is 4.90. The lowest BCUT2D eigenvalue weighted by molar-refractivity contribution is 0.556. The molecule has 0 radical (unpaired) electrons. The molecule has 7 heteroatoms. The van der Waals surface area contributed by atoms with E-state index in [1.807, 2.05) is 24.3 Å². The molecule has 0 saturated heterocycles. The Hall–Kier alpha value is -2.54. The van der Waals surface area contributed by atoms with E-state index in [2.05, 4.69) is 4.98 Å². The SMILES string of the molecule is CCS(=O)(=O)C(C)(C)c1cncc(-c2ccc3c(c2)CCC(=N)N3C=N)c1. The number of nitrogens with zero attached hydrogens (tertiary/aromatic N) is 2. The third kappa shape index (κ3) is 3.27. The Morgan fingerprint density at radius 2 is 1.93 bits per heavy atom. The molecule has 6 nitrogen and oxygen atoms in total. The van der Waals surface area contributed by atoms with Gasteiger partial charge in [0.15, 0.2) is 9.84 Å². The second-order valence-electron chi connectivity index (χ2n) is 7.17. The van der Waals surface area contributed by atoms with E-state index in [1.54, 1.807) is 38.1 Å². The molecule has 2 heterocycles. The Bertz CT molecular complexity index is 1010. The summed E-state index contributed by atoms with van der Waals surface area (Å²) in [7, 11) is -3.28. The fourth-order valence-corrected chi connectivity index (χ4v) is 4.53. The zero-order chi connectivity index (χ0) is 19.8. The molecule has 0 aliphatic carbocycles. The van der Waals surface area contributed by atoms with Gasteiger partial charge >= 0.3 is 0 Å². The molecule has 1 aliphatic heterocycles. The zero-order valence-electron chi connectivity index (χ0n) is 15.8. The van der Waals surface area contributed by atoms with Crippen molar-refractivity contribution in [1.82, 2.24) is 4.98 Å². The molecule has 2 aromatic rings. The molecule has 0 saturated carbocycles. The highest BCUT2D eigenvalue weighted by Crippen LogP contribution is 2.35. The van der Waals surface area contributed by atoms with Crippen LogP contribution in [-0.2, 0) is 21.0 Å². The van der Waals surface area contributed by atoms with E-state index in [9.17, 15) is 8.42 Å². The Balaban J connectivity index is 2.04. The highest BCUT2D eigenvalue weighted by Gasteiger charge is 2.35. The smallest absolute Gasteiger partial charge is 0.159 e. The van der Waals surface area contributed by atoms with E-state index < -0.39 is 14.6 Å². The number of nitrogens with one attached hydrogen (secondary N) is 2. The fourth-order valence-electron chi connectivity index (χ4n) is 3.33. The number of aromatic nitrogens is 1. The van der Waals surface area contributed by atoms with Crippen LogP contribution in [0.15, 0.2) is 36.7 Å². The molecule has 142 valence electrons. The van der Waals surface area contributed by atoms with Crippen LogP contribution in [0.2, 0.25) is 0 Å². The van der Waals surface area contributed by atoms with Crippen LogP contribution in [0, 0.1) is 10.8 Å². The number of amidine groups is 1. The van der Waals surface area contributed by atoms with Crippen molar-refractivity contribution in [2.45, 2.75) is 38.4 Å². The second-order valence-corrected chi connectivity index (χ2v) is 9.99. The van der Waals surface area contributed by atoms with Gasteiger partial charge in [-0.05, 0) is 55.2 Å². The number of sulfone groups is 1. The molecule has 1 aliphatic rings. The highest BCUT2D eigenvalue weighted by atomic mass is 32.2. The number of pyridine rings is 1. The highest BCUT2D eigenvalue weighted by molar-refractivity contribution is 7.92. The maximum atomic E-state index is 12.5. The standard InChI is InChI=1S/C20H24N4O2S/c1-4-27(25,26)20(2,3)17-10-16(11-23-12-17)14-5-7-18-15(9-14)6-8-19(22)24(18)13-21/h5,7,9-13,21-22H,4,6,8H2,1-3H3. The van der Waals surface area contributed by atoms with E-state index in [-0.39, 0.29) is 5.75 Å². The molecule has 0 atom stereocenters. The normalized spacial score (nSPS) is 14.8. The third-order valence-electron chi connectivity index (χ3n) is 5.31. The van der Waals surface area contributed by atoms with Crippen molar-refractivity contribution >= 4 is 27.7 Å². The summed E-state index contributed by atoms with van der Waals surface area (Å²) in [6, 6.07) is 7.77. The first-order valence-electron chi connectivity index (χ1n) is 8.89. The topological polar surface area (TPSA) is 98.0 Å². The van der Waals surface area contributed by atoms with Gasteiger partial charge in [-0.2, -0.15) is 0 Å². The maximum Gasteiger partial charge on any atom is 0.159 e. The molecule has 0 amide bonds. The van der Waals surface area contributed by atoms with Crippen LogP contribution >= 0.6 is 0 Å². The summed E-state index contributed by atoms with van der Waals surface area (Å²) in [6.07, 6.45) is 5.85. The van der Waals surface area contributed by atoms with Crippen molar-refractivity contribution < 1.29 is 8.42 Å². The van der Waals surface area contributed by atoms with Crippen LogP contribution in [0.3, 0.4) is 0 Å². The number of hydrogen-bond acceptors (Lipinski definition) is 5. The van der Waals surface area contributed by atoms with E-state index >= 15 is 0 Å². The summed E-state index contributed by atoms with van der Waals surface area (Å²) in [5, 5.41) is 15.5. The summed E-state index contributed by atoms with van der Waals surface area (Å²) >= 11 is 0. The van der Waals surface area contributed by atoms with Crippen LogP contribution in [-0.4, -0.2) is 31.3 Å². The molecular formula is C20H24N4O2S. The minimum absolute atomic E-state index is 0.0779. The number of rotatable bonds is 5. The first kappa shape index (κ1) is 19.2. The van der Waals surface area contributed by atoms with Gasteiger partial charge in [0, 0.05) is 30.1 Å². The van der Waals surface area contributed by atoms with Gasteiger partial charge in [0.05, 0.1) is 16.8 Å². The average molecular weight is 385 g/mol. The first-order chi connectivity index (χ1) is 12.7. The molecular weight excluding hydrogens is 360 g/mol. The van der Waals surface area contributed by atoms with Crippen LogP contribution in [0.4, 0.5) is 5.69 Å². The second kappa shape index (κ2) is 6.88. The van der Waals surface area contributed by atoms with Gasteiger partial charge in [0.1, 0.15) is 5.84 Å². The molecule has 2 N–H and O–H groups in total. The molecule has 0 bridgehead atoms. The van der Waals surface area contributed by atoms with Gasteiger partial charge in [0.25, 0.3) is 0 Å². The Morgan fingerprint density at radius 1 is 1.19 bits per heavy atom. The molecule has 3 rings (SSSR count). The fraction of sp³-hybridized carbons (Fsp3) is 0.350. The van der Waals surface area contributed by atoms with Crippen molar-refractivity contribution in [3.8, 4) is 11.1 Å². The van der Waals surface area contributed by atoms with Gasteiger partial charge in [0.2, 0.25) is 0 Å². The molecule has 0 unspecified atom stereocenters. The monoisotopic (exact) mass is 384 g/mol. The number of benzene rings is 1. The average Bonchev–Trinajstić information content (AvgIpc) is 2.67. The van der Waals surface area contributed by atoms with Crippen molar-refractivity contribution in [2.24, 2.45) is 0 Å². The predicted octanol–water partition coefficient (Wildman–Crippen LogP) is 3.76. The minimum atomic E-state index is -3.28. The van der Waals surface area contributed by atoms with Gasteiger partial charge in [-0.25, -0.2) is 8.42 Å². The van der Waals surface area contributed by atoms with E-state index in [0.717, 1.165) is 28.8 Å². The lowest BCUT2D eigenvalue weighted by Gasteiger charge is -2.28. The molecule has 1 aromatic carbocycles. The van der Waals surface area contributed by atoms with Gasteiger partial charge in [-0.3, -0.25) is 20.7 Å². The number of aryl methyl sites for hydroxylation is 1. The van der Waals surface area contributed by atoms with Crippen molar-refractivity contribution in [2.75, 3.05) is 10.7 Å². The summed E-state index contributed by atoms with van der Waals surface area (Å²) < 4.78 is 24.0. The quantitative estimate of drug-likeness (QED) is 0.606. The Labute approximate surface area is 160 Å². The predicted molar refractivity (Wildman–Crippen MR) is 109 cm³/mol. The molecule has 27 heavy (non-hydrogen) atoms. The van der Waals surface area contributed by atoms with E-state index in [4.69, 9.17) is 10.8 Å². The maximum absolute atomic E-state index is 12.5. The van der Waals surface area contributed by atoms with Crippen molar-refractivity contribution in [3.63, 3.8) is 0 Å². The van der Waals surface area contributed by atoms with Gasteiger partial charge in [-0.1, -0.05) is 13.0 Å². The zero-order valence-corrected chi connectivity index (χ0v) is 16.6. The van der Waals surface area contributed by atoms with Crippen molar-refractivity contribution in [1.29, 1.82) is 10.8 Å². The number of fused-ring (bicyclic) bond motifs is 1. The molecule has 0 fully saturated rings. The summed E-state index contributed by atoms with van der Waals surface area (Å²) in [5.41, 5.74) is 4.39. The largest absolute Gasteiger partial charge is 0.291 e. The molecule has 0 spiro atoms. The van der Waals surface area contributed by atoms with Crippen LogP contribution in [0.1, 0.15) is 38.3 Å². The van der Waals surface area contributed by atoms with E-state index in [0.29, 0.717) is 17.8 Å². The van der Waals surface area contributed by atoms with Crippen molar-refractivity contribution in [3.05, 3.63) is 47.8 Å². The lowest BCUT2D eigenvalue weighted by Crippen LogP contribution is -2.32. The molecule has 1 aromatic heterocycles. The number of hydrogen-bond donors (Lipinski definition) is 2. The summed E-state index contributed by atoms with van der Waals surface area (Å²) in [5.74, 6) is 0.495. The number of anilines is 1. The van der Waals surface area contributed by atoms with Crippen LogP contribution in [0.25, 0.3) is 11.1 Å².